The van der Waals surface area contributed by atoms with Crippen LogP contribution in [0.2, 0.25) is 0 Å². The van der Waals surface area contributed by atoms with Crippen molar-refractivity contribution in [2.75, 3.05) is 0 Å². The van der Waals surface area contributed by atoms with Crippen molar-refractivity contribution in [1.29, 1.82) is 0 Å². The Morgan fingerprint density at radius 3 is 1.47 bits per heavy atom. The SMILES string of the molecule is CC(C)(C)c1cc(C(O)Br)cc(C(C)(C)C)c1. The molecule has 0 aromatic heterocycles. The van der Waals surface area contributed by atoms with Gasteiger partial charge in [0.25, 0.3) is 0 Å². The van der Waals surface area contributed by atoms with Crippen LogP contribution in [0.1, 0.15) is 63.2 Å². The molecule has 2 heteroatoms. The summed E-state index contributed by atoms with van der Waals surface area (Å²) in [4.78, 5) is 0. The maximum atomic E-state index is 9.72. The van der Waals surface area contributed by atoms with Gasteiger partial charge in [0.1, 0.15) is 5.01 Å². The molecule has 0 saturated heterocycles. The first-order valence-corrected chi connectivity index (χ1v) is 6.91. The van der Waals surface area contributed by atoms with E-state index in [2.05, 4.69) is 75.7 Å². The molecule has 0 saturated carbocycles. The summed E-state index contributed by atoms with van der Waals surface area (Å²) in [5, 5.41) is 9.13. The molecule has 1 N–H and O–H groups in total. The third kappa shape index (κ3) is 3.82. The second-order valence-electron chi connectivity index (χ2n) is 6.68. The van der Waals surface area contributed by atoms with Crippen LogP contribution >= 0.6 is 15.9 Å². The van der Waals surface area contributed by atoms with Crippen LogP contribution in [0.25, 0.3) is 0 Å². The highest BCUT2D eigenvalue weighted by Gasteiger charge is 2.21. The molecule has 0 spiro atoms. The van der Waals surface area contributed by atoms with Crippen LogP contribution in [0.15, 0.2) is 18.2 Å². The maximum Gasteiger partial charge on any atom is 0.134 e. The summed E-state index contributed by atoms with van der Waals surface area (Å²) in [5.74, 6) is 0. The summed E-state index contributed by atoms with van der Waals surface area (Å²) < 4.78 is 0. The summed E-state index contributed by atoms with van der Waals surface area (Å²) in [6.07, 6.45) is 0. The lowest BCUT2D eigenvalue weighted by Crippen LogP contribution is -2.17. The number of alkyl halides is 1. The smallest absolute Gasteiger partial charge is 0.134 e. The zero-order chi connectivity index (χ0) is 13.4. The van der Waals surface area contributed by atoms with Gasteiger partial charge in [-0.25, -0.2) is 0 Å². The molecule has 1 nitrogen and oxygen atoms in total. The average Bonchev–Trinajstić information content (AvgIpc) is 2.14. The average molecular weight is 299 g/mol. The van der Waals surface area contributed by atoms with E-state index in [9.17, 15) is 5.11 Å². The van der Waals surface area contributed by atoms with Gasteiger partial charge < -0.3 is 5.11 Å². The summed E-state index contributed by atoms with van der Waals surface area (Å²) >= 11 is 3.24. The fourth-order valence-electron chi connectivity index (χ4n) is 1.66. The highest BCUT2D eigenvalue weighted by Crippen LogP contribution is 2.33. The van der Waals surface area contributed by atoms with E-state index in [1.54, 1.807) is 0 Å². The number of benzene rings is 1. The van der Waals surface area contributed by atoms with Gasteiger partial charge in [-0.1, -0.05) is 75.7 Å². The lowest BCUT2D eigenvalue weighted by Gasteiger charge is -2.26. The Bertz CT molecular complexity index is 362. The molecule has 0 radical (unpaired) electrons. The monoisotopic (exact) mass is 298 g/mol. The van der Waals surface area contributed by atoms with Gasteiger partial charge in [-0.15, -0.1) is 0 Å². The van der Waals surface area contributed by atoms with E-state index in [1.807, 2.05) is 0 Å². The number of aliphatic hydroxyl groups excluding tert-OH is 1. The Balaban J connectivity index is 3.40. The Morgan fingerprint density at radius 2 is 1.24 bits per heavy atom. The fourth-order valence-corrected chi connectivity index (χ4v) is 1.92. The van der Waals surface area contributed by atoms with Crippen LogP contribution in [0.4, 0.5) is 0 Å². The number of rotatable bonds is 1. The van der Waals surface area contributed by atoms with E-state index in [1.165, 1.54) is 11.1 Å². The quantitative estimate of drug-likeness (QED) is 0.747. The third-order valence-electron chi connectivity index (χ3n) is 2.96. The molecule has 1 aromatic rings. The van der Waals surface area contributed by atoms with Crippen molar-refractivity contribution >= 4 is 15.9 Å². The number of halogens is 1. The zero-order valence-corrected chi connectivity index (χ0v) is 13.2. The molecular weight excluding hydrogens is 276 g/mol. The van der Waals surface area contributed by atoms with Gasteiger partial charge in [-0.2, -0.15) is 0 Å². The normalized spacial score (nSPS) is 14.8. The van der Waals surface area contributed by atoms with Crippen LogP contribution in [-0.4, -0.2) is 5.11 Å². The highest BCUT2D eigenvalue weighted by atomic mass is 79.9. The zero-order valence-electron chi connectivity index (χ0n) is 11.6. The minimum absolute atomic E-state index is 0.0951. The molecular formula is C15H23BrO. The van der Waals surface area contributed by atoms with Crippen molar-refractivity contribution in [2.24, 2.45) is 0 Å². The Kier molecular flexibility index (Phi) is 4.10. The topological polar surface area (TPSA) is 20.2 Å². The molecule has 1 rings (SSSR count). The van der Waals surface area contributed by atoms with Gasteiger partial charge in [-0.05, 0) is 27.5 Å². The highest BCUT2D eigenvalue weighted by molar-refractivity contribution is 9.09. The van der Waals surface area contributed by atoms with Gasteiger partial charge in [0.15, 0.2) is 0 Å². The molecule has 1 aromatic carbocycles. The first-order chi connectivity index (χ1) is 7.51. The van der Waals surface area contributed by atoms with Crippen molar-refractivity contribution in [3.05, 3.63) is 34.9 Å². The van der Waals surface area contributed by atoms with E-state index in [4.69, 9.17) is 0 Å². The van der Waals surface area contributed by atoms with Crippen LogP contribution < -0.4 is 0 Å². The molecule has 0 heterocycles. The minimum Gasteiger partial charge on any atom is -0.377 e. The second-order valence-corrected chi connectivity index (χ2v) is 7.55. The Morgan fingerprint density at radius 1 is 0.882 bits per heavy atom. The van der Waals surface area contributed by atoms with Gasteiger partial charge in [-0.3, -0.25) is 0 Å². The van der Waals surface area contributed by atoms with E-state index < -0.39 is 5.01 Å². The Labute approximate surface area is 113 Å². The van der Waals surface area contributed by atoms with E-state index in [0.717, 1.165) is 5.56 Å². The van der Waals surface area contributed by atoms with E-state index in [0.29, 0.717) is 0 Å². The molecule has 0 bridgehead atoms. The van der Waals surface area contributed by atoms with Crippen molar-refractivity contribution in [1.82, 2.24) is 0 Å². The number of hydrogen-bond acceptors (Lipinski definition) is 1. The molecule has 17 heavy (non-hydrogen) atoms. The van der Waals surface area contributed by atoms with Crippen LogP contribution in [0.3, 0.4) is 0 Å². The van der Waals surface area contributed by atoms with Gasteiger partial charge >= 0.3 is 0 Å². The minimum atomic E-state index is -0.592. The largest absolute Gasteiger partial charge is 0.377 e. The van der Waals surface area contributed by atoms with Crippen molar-refractivity contribution in [3.63, 3.8) is 0 Å². The second kappa shape index (κ2) is 4.74. The summed E-state index contributed by atoms with van der Waals surface area (Å²) in [7, 11) is 0. The lowest BCUT2D eigenvalue weighted by atomic mass is 9.79. The Hall–Kier alpha value is -0.340. The number of hydrogen-bond donors (Lipinski definition) is 1. The predicted octanol–water partition coefficient (Wildman–Crippen LogP) is 4.67. The van der Waals surface area contributed by atoms with Crippen LogP contribution in [0, 0.1) is 0 Å². The van der Waals surface area contributed by atoms with Crippen LogP contribution in [-0.2, 0) is 10.8 Å². The molecule has 0 fully saturated rings. The molecule has 1 unspecified atom stereocenters. The van der Waals surface area contributed by atoms with Crippen molar-refractivity contribution in [3.8, 4) is 0 Å². The van der Waals surface area contributed by atoms with Crippen molar-refractivity contribution in [2.45, 2.75) is 57.4 Å². The molecule has 0 aliphatic heterocycles. The van der Waals surface area contributed by atoms with Gasteiger partial charge in [0.05, 0.1) is 0 Å². The predicted molar refractivity (Wildman–Crippen MR) is 77.7 cm³/mol. The van der Waals surface area contributed by atoms with E-state index in [-0.39, 0.29) is 10.8 Å². The first kappa shape index (κ1) is 14.7. The summed E-state index contributed by atoms with van der Waals surface area (Å²) in [6, 6.07) is 6.40. The van der Waals surface area contributed by atoms with Gasteiger partial charge in [0.2, 0.25) is 0 Å². The lowest BCUT2D eigenvalue weighted by molar-refractivity contribution is 0.276. The van der Waals surface area contributed by atoms with Crippen molar-refractivity contribution < 1.29 is 5.11 Å². The maximum absolute atomic E-state index is 9.72. The van der Waals surface area contributed by atoms with E-state index >= 15 is 0 Å². The van der Waals surface area contributed by atoms with Crippen LogP contribution in [0.5, 0.6) is 0 Å². The summed E-state index contributed by atoms with van der Waals surface area (Å²) in [5.41, 5.74) is 3.65. The molecule has 1 atom stereocenters. The summed E-state index contributed by atoms with van der Waals surface area (Å²) in [6.45, 7) is 13.2. The third-order valence-corrected chi connectivity index (χ3v) is 3.49. The molecule has 96 valence electrons. The standard InChI is InChI=1S/C15H23BrO/c1-14(2,3)11-7-10(13(16)17)8-12(9-11)15(4,5)6/h7-9,13,17H,1-6H3. The first-order valence-electron chi connectivity index (χ1n) is 6.00. The molecule has 0 amide bonds. The molecule has 0 aliphatic carbocycles. The fraction of sp³-hybridized carbons (Fsp3) is 0.600. The van der Waals surface area contributed by atoms with Gasteiger partial charge in [0, 0.05) is 0 Å². The number of aliphatic hydroxyl groups is 1. The molecule has 0 aliphatic rings.